The molecule has 0 bridgehead atoms. The normalized spacial score (nSPS) is 17.9. The quantitative estimate of drug-likeness (QED) is 0.816. The van der Waals surface area contributed by atoms with E-state index >= 15 is 0 Å². The molecule has 0 spiro atoms. The first-order chi connectivity index (χ1) is 10.6. The highest BCUT2D eigenvalue weighted by molar-refractivity contribution is 5.88. The lowest BCUT2D eigenvalue weighted by atomic mass is 9.93. The third-order valence-corrected chi connectivity index (χ3v) is 3.91. The summed E-state index contributed by atoms with van der Waals surface area (Å²) in [4.78, 5) is 24.6. The zero-order chi connectivity index (χ0) is 15.9. The fourth-order valence-electron chi connectivity index (χ4n) is 2.77. The van der Waals surface area contributed by atoms with Crippen LogP contribution in [0.25, 0.3) is 0 Å². The van der Waals surface area contributed by atoms with Crippen molar-refractivity contribution in [2.45, 2.75) is 31.8 Å². The first kappa shape index (κ1) is 16.2. The Balaban J connectivity index is 2.05. The zero-order valence-electron chi connectivity index (χ0n) is 12.7. The molecule has 5 nitrogen and oxygen atoms in total. The number of benzene rings is 1. The van der Waals surface area contributed by atoms with Crippen molar-refractivity contribution in [1.29, 1.82) is 0 Å². The fourth-order valence-corrected chi connectivity index (χ4v) is 2.77. The van der Waals surface area contributed by atoms with Crippen molar-refractivity contribution in [1.82, 2.24) is 4.90 Å². The van der Waals surface area contributed by atoms with Gasteiger partial charge in [-0.3, -0.25) is 9.69 Å². The third kappa shape index (κ3) is 4.43. The van der Waals surface area contributed by atoms with Gasteiger partial charge in [0, 0.05) is 18.2 Å². The van der Waals surface area contributed by atoms with E-state index in [4.69, 9.17) is 9.84 Å². The summed E-state index contributed by atoms with van der Waals surface area (Å²) in [6, 6.07) is 9.96. The molecule has 118 valence electrons. The molecule has 1 aromatic carbocycles. The summed E-state index contributed by atoms with van der Waals surface area (Å²) in [5.74, 6) is -1.12. The van der Waals surface area contributed by atoms with Crippen LogP contribution in [0.2, 0.25) is 0 Å². The van der Waals surface area contributed by atoms with Gasteiger partial charge in [-0.15, -0.1) is 0 Å². The standard InChI is InChI=1S/C17H21NO4/c1-22-17(21)14-7-9-15(10-8-14)18(12-16(19)20)11-13-5-3-2-4-6-13/h2-7,15H,8-12H2,1H3,(H,19,20). The molecule has 0 amide bonds. The van der Waals surface area contributed by atoms with Gasteiger partial charge in [-0.2, -0.15) is 0 Å². The van der Waals surface area contributed by atoms with Crippen LogP contribution >= 0.6 is 0 Å². The number of carboxylic acids is 1. The van der Waals surface area contributed by atoms with Gasteiger partial charge < -0.3 is 9.84 Å². The average molecular weight is 303 g/mol. The maximum Gasteiger partial charge on any atom is 0.333 e. The first-order valence-electron chi connectivity index (χ1n) is 7.37. The van der Waals surface area contributed by atoms with E-state index in [9.17, 15) is 9.59 Å². The number of hydrogen-bond acceptors (Lipinski definition) is 4. The lowest BCUT2D eigenvalue weighted by molar-refractivity contribution is -0.139. The smallest absolute Gasteiger partial charge is 0.333 e. The molecule has 0 radical (unpaired) electrons. The number of rotatable bonds is 6. The second-order valence-corrected chi connectivity index (χ2v) is 5.43. The fraction of sp³-hybridized carbons (Fsp3) is 0.412. The summed E-state index contributed by atoms with van der Waals surface area (Å²) >= 11 is 0. The third-order valence-electron chi connectivity index (χ3n) is 3.91. The van der Waals surface area contributed by atoms with Gasteiger partial charge in [-0.25, -0.2) is 4.79 Å². The van der Waals surface area contributed by atoms with E-state index in [2.05, 4.69) is 0 Å². The average Bonchev–Trinajstić information content (AvgIpc) is 2.54. The number of methoxy groups -OCH3 is 1. The Hall–Kier alpha value is -2.14. The summed E-state index contributed by atoms with van der Waals surface area (Å²) in [7, 11) is 1.38. The number of hydrogen-bond donors (Lipinski definition) is 1. The van der Waals surface area contributed by atoms with Gasteiger partial charge in [0.1, 0.15) is 0 Å². The molecule has 0 aromatic heterocycles. The van der Waals surface area contributed by atoms with E-state index in [0.29, 0.717) is 25.0 Å². The van der Waals surface area contributed by atoms with Gasteiger partial charge in [-0.1, -0.05) is 36.4 Å². The molecule has 0 saturated heterocycles. The van der Waals surface area contributed by atoms with Gasteiger partial charge in [0.05, 0.1) is 13.7 Å². The molecule has 1 aliphatic carbocycles. The number of ether oxygens (including phenoxy) is 1. The maximum atomic E-state index is 11.5. The first-order valence-corrected chi connectivity index (χ1v) is 7.37. The summed E-state index contributed by atoms with van der Waals surface area (Å²) in [6.07, 6.45) is 3.94. The molecular formula is C17H21NO4. The number of nitrogens with zero attached hydrogens (tertiary/aromatic N) is 1. The molecular weight excluding hydrogens is 282 g/mol. The van der Waals surface area contributed by atoms with Crippen molar-refractivity contribution in [3.8, 4) is 0 Å². The number of carboxylic acid groups (broad SMARTS) is 1. The number of esters is 1. The summed E-state index contributed by atoms with van der Waals surface area (Å²) in [5.41, 5.74) is 1.78. The molecule has 2 rings (SSSR count). The van der Waals surface area contributed by atoms with E-state index in [1.165, 1.54) is 7.11 Å². The molecule has 0 aliphatic heterocycles. The lowest BCUT2D eigenvalue weighted by Crippen LogP contribution is -2.39. The Morgan fingerprint density at radius 1 is 1.32 bits per heavy atom. The highest BCUT2D eigenvalue weighted by Gasteiger charge is 2.25. The highest BCUT2D eigenvalue weighted by Crippen LogP contribution is 2.24. The van der Waals surface area contributed by atoms with Crippen LogP contribution in [-0.2, 0) is 20.9 Å². The van der Waals surface area contributed by atoms with Crippen LogP contribution in [0, 0.1) is 0 Å². The predicted molar refractivity (Wildman–Crippen MR) is 82.2 cm³/mol. The Morgan fingerprint density at radius 2 is 2.05 bits per heavy atom. The van der Waals surface area contributed by atoms with Crippen LogP contribution < -0.4 is 0 Å². The predicted octanol–water partition coefficient (Wildman–Crippen LogP) is 2.23. The number of carbonyl (C=O) groups excluding carboxylic acids is 1. The topological polar surface area (TPSA) is 66.8 Å². The summed E-state index contributed by atoms with van der Waals surface area (Å²) < 4.78 is 4.73. The van der Waals surface area contributed by atoms with Crippen LogP contribution in [0.3, 0.4) is 0 Å². The molecule has 1 aromatic rings. The van der Waals surface area contributed by atoms with Gasteiger partial charge in [-0.05, 0) is 24.8 Å². The monoisotopic (exact) mass is 303 g/mol. The van der Waals surface area contributed by atoms with E-state index in [-0.39, 0.29) is 18.6 Å². The van der Waals surface area contributed by atoms with Crippen LogP contribution in [0.1, 0.15) is 24.8 Å². The Bertz CT molecular complexity index is 553. The van der Waals surface area contributed by atoms with Gasteiger partial charge in [0.25, 0.3) is 0 Å². The molecule has 22 heavy (non-hydrogen) atoms. The largest absolute Gasteiger partial charge is 0.480 e. The molecule has 0 fully saturated rings. The van der Waals surface area contributed by atoms with E-state index < -0.39 is 5.97 Å². The van der Waals surface area contributed by atoms with Crippen molar-refractivity contribution >= 4 is 11.9 Å². The van der Waals surface area contributed by atoms with Gasteiger partial charge >= 0.3 is 11.9 Å². The van der Waals surface area contributed by atoms with Crippen molar-refractivity contribution < 1.29 is 19.4 Å². The maximum absolute atomic E-state index is 11.5. The van der Waals surface area contributed by atoms with Crippen molar-refractivity contribution in [3.05, 3.63) is 47.5 Å². The van der Waals surface area contributed by atoms with E-state index in [0.717, 1.165) is 12.0 Å². The second kappa shape index (κ2) is 7.75. The van der Waals surface area contributed by atoms with Crippen LogP contribution in [0.4, 0.5) is 0 Å². The van der Waals surface area contributed by atoms with Gasteiger partial charge in [0.2, 0.25) is 0 Å². The van der Waals surface area contributed by atoms with E-state index in [1.807, 2.05) is 41.3 Å². The van der Waals surface area contributed by atoms with Crippen molar-refractivity contribution in [2.75, 3.05) is 13.7 Å². The summed E-state index contributed by atoms with van der Waals surface area (Å²) in [5, 5.41) is 9.14. The Kier molecular flexibility index (Phi) is 5.72. The van der Waals surface area contributed by atoms with E-state index in [1.54, 1.807) is 0 Å². The van der Waals surface area contributed by atoms with Crippen molar-refractivity contribution in [2.24, 2.45) is 0 Å². The minimum atomic E-state index is -0.835. The molecule has 1 aliphatic rings. The van der Waals surface area contributed by atoms with Gasteiger partial charge in [0.15, 0.2) is 0 Å². The molecule has 0 heterocycles. The SMILES string of the molecule is COC(=O)C1=CCC(N(CC(=O)O)Cc2ccccc2)CC1. The number of aliphatic carboxylic acids is 1. The molecule has 1 N–H and O–H groups in total. The highest BCUT2D eigenvalue weighted by atomic mass is 16.5. The Morgan fingerprint density at radius 3 is 2.59 bits per heavy atom. The van der Waals surface area contributed by atoms with Crippen LogP contribution in [0.5, 0.6) is 0 Å². The molecule has 5 heteroatoms. The summed E-state index contributed by atoms with van der Waals surface area (Å²) in [6.45, 7) is 0.597. The zero-order valence-corrected chi connectivity index (χ0v) is 12.7. The molecule has 0 saturated carbocycles. The van der Waals surface area contributed by atoms with Crippen molar-refractivity contribution in [3.63, 3.8) is 0 Å². The van der Waals surface area contributed by atoms with Crippen LogP contribution in [0.15, 0.2) is 42.0 Å². The minimum absolute atomic E-state index is 0.000951. The minimum Gasteiger partial charge on any atom is -0.480 e. The second-order valence-electron chi connectivity index (χ2n) is 5.43. The number of carbonyl (C=O) groups is 2. The Labute approximate surface area is 130 Å². The lowest BCUT2D eigenvalue weighted by Gasteiger charge is -2.32. The molecule has 1 atom stereocenters. The van der Waals surface area contributed by atoms with Crippen LogP contribution in [-0.4, -0.2) is 41.6 Å². The molecule has 1 unspecified atom stereocenters.